The number of nitrogens with two attached hydrogens (primary N) is 1. The number of benzene rings is 1. The van der Waals surface area contributed by atoms with Gasteiger partial charge in [0, 0.05) is 19.2 Å². The maximum absolute atomic E-state index is 13.4. The molecule has 0 aromatic heterocycles. The first-order chi connectivity index (χ1) is 7.06. The summed E-state index contributed by atoms with van der Waals surface area (Å²) < 4.78 is 26.3. The molecule has 4 heteroatoms. The molecule has 2 N–H and O–H groups in total. The van der Waals surface area contributed by atoms with Gasteiger partial charge in [0.2, 0.25) is 0 Å². The standard InChI is InChI=1S/C11H16F2N2/c1-8(5-6-14)15(2)11-7-9(12)3-4-10(11)13/h3-4,7-8H,5-6,14H2,1-2H3. The van der Waals surface area contributed by atoms with E-state index in [1.54, 1.807) is 11.9 Å². The van der Waals surface area contributed by atoms with Crippen molar-refractivity contribution in [2.45, 2.75) is 19.4 Å². The first-order valence-corrected chi connectivity index (χ1v) is 4.94. The molecule has 0 aliphatic carbocycles. The highest BCUT2D eigenvalue weighted by atomic mass is 19.1. The van der Waals surface area contributed by atoms with Crippen LogP contribution in [0.5, 0.6) is 0 Å². The van der Waals surface area contributed by atoms with E-state index in [0.29, 0.717) is 6.54 Å². The minimum absolute atomic E-state index is 0.0892. The van der Waals surface area contributed by atoms with Gasteiger partial charge in [0.1, 0.15) is 11.6 Å². The van der Waals surface area contributed by atoms with Crippen LogP contribution in [0.4, 0.5) is 14.5 Å². The summed E-state index contributed by atoms with van der Waals surface area (Å²) in [5.74, 6) is -0.846. The van der Waals surface area contributed by atoms with Gasteiger partial charge >= 0.3 is 0 Å². The van der Waals surface area contributed by atoms with Gasteiger partial charge in [-0.2, -0.15) is 0 Å². The highest BCUT2D eigenvalue weighted by molar-refractivity contribution is 5.48. The van der Waals surface area contributed by atoms with Crippen molar-refractivity contribution in [3.8, 4) is 0 Å². The van der Waals surface area contributed by atoms with E-state index in [0.717, 1.165) is 18.6 Å². The van der Waals surface area contributed by atoms with Gasteiger partial charge in [0.25, 0.3) is 0 Å². The van der Waals surface area contributed by atoms with E-state index < -0.39 is 11.6 Å². The van der Waals surface area contributed by atoms with Crippen LogP contribution in [-0.2, 0) is 0 Å². The quantitative estimate of drug-likeness (QED) is 0.832. The van der Waals surface area contributed by atoms with Crippen molar-refractivity contribution < 1.29 is 8.78 Å². The van der Waals surface area contributed by atoms with Crippen molar-refractivity contribution in [3.05, 3.63) is 29.8 Å². The summed E-state index contributed by atoms with van der Waals surface area (Å²) in [6.07, 6.45) is 0.743. The van der Waals surface area contributed by atoms with Crippen molar-refractivity contribution in [1.29, 1.82) is 0 Å². The number of rotatable bonds is 4. The molecule has 0 saturated heterocycles. The molecule has 0 amide bonds. The summed E-state index contributed by atoms with van der Waals surface area (Å²) in [5.41, 5.74) is 5.69. The van der Waals surface area contributed by atoms with E-state index in [1.807, 2.05) is 6.92 Å². The summed E-state index contributed by atoms with van der Waals surface area (Å²) in [7, 11) is 1.73. The van der Waals surface area contributed by atoms with Crippen LogP contribution in [-0.4, -0.2) is 19.6 Å². The lowest BCUT2D eigenvalue weighted by Gasteiger charge is -2.27. The smallest absolute Gasteiger partial charge is 0.146 e. The largest absolute Gasteiger partial charge is 0.369 e. The van der Waals surface area contributed by atoms with Crippen LogP contribution in [0, 0.1) is 11.6 Å². The van der Waals surface area contributed by atoms with Gasteiger partial charge < -0.3 is 10.6 Å². The van der Waals surface area contributed by atoms with Gasteiger partial charge in [-0.05, 0) is 32.0 Å². The molecular formula is C11H16F2N2. The van der Waals surface area contributed by atoms with Gasteiger partial charge in [0.05, 0.1) is 5.69 Å². The first kappa shape index (κ1) is 11.9. The predicted molar refractivity (Wildman–Crippen MR) is 57.9 cm³/mol. The molecule has 15 heavy (non-hydrogen) atoms. The Morgan fingerprint density at radius 1 is 1.40 bits per heavy atom. The van der Waals surface area contributed by atoms with Gasteiger partial charge in [0.15, 0.2) is 0 Å². The highest BCUT2D eigenvalue weighted by Crippen LogP contribution is 2.21. The van der Waals surface area contributed by atoms with Crippen LogP contribution in [0.3, 0.4) is 0 Å². The zero-order valence-electron chi connectivity index (χ0n) is 9.00. The molecule has 1 unspecified atom stereocenters. The van der Waals surface area contributed by atoms with Gasteiger partial charge in [-0.15, -0.1) is 0 Å². The van der Waals surface area contributed by atoms with E-state index in [9.17, 15) is 8.78 Å². The minimum atomic E-state index is -0.432. The van der Waals surface area contributed by atoms with Crippen LogP contribution in [0.2, 0.25) is 0 Å². The molecule has 1 aromatic carbocycles. The predicted octanol–water partition coefficient (Wildman–Crippen LogP) is 2.14. The monoisotopic (exact) mass is 214 g/mol. The summed E-state index contributed by atoms with van der Waals surface area (Å²) in [4.78, 5) is 1.70. The third-order valence-electron chi connectivity index (χ3n) is 2.53. The second-order valence-electron chi connectivity index (χ2n) is 3.63. The fourth-order valence-corrected chi connectivity index (χ4v) is 1.43. The molecule has 0 heterocycles. The molecule has 0 spiro atoms. The maximum atomic E-state index is 13.4. The van der Waals surface area contributed by atoms with E-state index in [1.165, 1.54) is 6.07 Å². The Bertz CT molecular complexity index is 328. The Kier molecular flexibility index (Phi) is 4.03. The lowest BCUT2D eigenvalue weighted by atomic mass is 10.2. The normalized spacial score (nSPS) is 12.6. The van der Waals surface area contributed by atoms with Crippen LogP contribution in [0.1, 0.15) is 13.3 Å². The lowest BCUT2D eigenvalue weighted by molar-refractivity contribution is 0.576. The minimum Gasteiger partial charge on any atom is -0.369 e. The second kappa shape index (κ2) is 5.07. The summed E-state index contributed by atoms with van der Waals surface area (Å²) in [5, 5.41) is 0. The third-order valence-corrected chi connectivity index (χ3v) is 2.53. The van der Waals surface area contributed by atoms with Crippen LogP contribution >= 0.6 is 0 Å². The van der Waals surface area contributed by atoms with Crippen molar-refractivity contribution in [2.24, 2.45) is 5.73 Å². The average molecular weight is 214 g/mol. The summed E-state index contributed by atoms with van der Waals surface area (Å²) in [6.45, 7) is 2.46. The zero-order valence-corrected chi connectivity index (χ0v) is 9.00. The Morgan fingerprint density at radius 2 is 2.07 bits per heavy atom. The molecule has 0 aliphatic heterocycles. The molecule has 84 valence electrons. The van der Waals surface area contributed by atoms with E-state index >= 15 is 0 Å². The molecule has 1 rings (SSSR count). The molecule has 0 aliphatic rings. The molecule has 0 radical (unpaired) electrons. The molecule has 2 nitrogen and oxygen atoms in total. The third kappa shape index (κ3) is 2.89. The maximum Gasteiger partial charge on any atom is 0.146 e. The Hall–Kier alpha value is -1.16. The number of nitrogens with zero attached hydrogens (tertiary/aromatic N) is 1. The molecular weight excluding hydrogens is 198 g/mol. The van der Waals surface area contributed by atoms with Gasteiger partial charge in [-0.25, -0.2) is 8.78 Å². The average Bonchev–Trinajstić information content (AvgIpc) is 2.21. The van der Waals surface area contributed by atoms with E-state index in [2.05, 4.69) is 0 Å². The summed E-state index contributed by atoms with van der Waals surface area (Å²) >= 11 is 0. The van der Waals surface area contributed by atoms with E-state index in [4.69, 9.17) is 5.73 Å². The molecule has 0 fully saturated rings. The van der Waals surface area contributed by atoms with Crippen molar-refractivity contribution >= 4 is 5.69 Å². The van der Waals surface area contributed by atoms with Crippen LogP contribution < -0.4 is 10.6 Å². The number of anilines is 1. The first-order valence-electron chi connectivity index (χ1n) is 4.94. The fourth-order valence-electron chi connectivity index (χ4n) is 1.43. The Balaban J connectivity index is 2.89. The van der Waals surface area contributed by atoms with Crippen molar-refractivity contribution in [1.82, 2.24) is 0 Å². The second-order valence-corrected chi connectivity index (χ2v) is 3.63. The topological polar surface area (TPSA) is 29.3 Å². The number of halogens is 2. The van der Waals surface area contributed by atoms with Crippen LogP contribution in [0.15, 0.2) is 18.2 Å². The molecule has 0 bridgehead atoms. The van der Waals surface area contributed by atoms with Crippen LogP contribution in [0.25, 0.3) is 0 Å². The fraction of sp³-hybridized carbons (Fsp3) is 0.455. The molecule has 1 atom stereocenters. The Morgan fingerprint density at radius 3 is 2.67 bits per heavy atom. The number of hydrogen-bond acceptors (Lipinski definition) is 2. The van der Waals surface area contributed by atoms with Gasteiger partial charge in [-0.3, -0.25) is 0 Å². The molecule has 1 aromatic rings. The SMILES string of the molecule is CC(CCN)N(C)c1cc(F)ccc1F. The molecule has 0 saturated carbocycles. The number of hydrogen-bond donors (Lipinski definition) is 1. The van der Waals surface area contributed by atoms with Crippen molar-refractivity contribution in [3.63, 3.8) is 0 Å². The van der Waals surface area contributed by atoms with E-state index in [-0.39, 0.29) is 11.7 Å². The zero-order chi connectivity index (χ0) is 11.4. The van der Waals surface area contributed by atoms with Gasteiger partial charge in [-0.1, -0.05) is 0 Å². The highest BCUT2D eigenvalue weighted by Gasteiger charge is 2.13. The summed E-state index contributed by atoms with van der Waals surface area (Å²) in [6, 6.07) is 3.53. The Labute approximate surface area is 88.7 Å². The lowest BCUT2D eigenvalue weighted by Crippen LogP contribution is -2.31. The van der Waals surface area contributed by atoms with Crippen molar-refractivity contribution in [2.75, 3.05) is 18.5 Å².